The lowest BCUT2D eigenvalue weighted by atomic mass is 9.73. The molecule has 1 atom stereocenters. The van der Waals surface area contributed by atoms with E-state index >= 15 is 0 Å². The first-order valence-electron chi connectivity index (χ1n) is 8.18. The van der Waals surface area contributed by atoms with Crippen LogP contribution < -0.4 is 10.1 Å². The number of rotatable bonds is 3. The molecular formula is C19H19ClN2O4. The first kappa shape index (κ1) is 18.2. The van der Waals surface area contributed by atoms with E-state index in [2.05, 4.69) is 19.2 Å². The average molecular weight is 375 g/mol. The van der Waals surface area contributed by atoms with E-state index in [1.807, 2.05) is 12.1 Å². The van der Waals surface area contributed by atoms with Crippen LogP contribution in [0.2, 0.25) is 5.02 Å². The normalized spacial score (nSPS) is 17.8. The molecule has 0 aromatic heterocycles. The molecular weight excluding hydrogens is 356 g/mol. The second-order valence-electron chi connectivity index (χ2n) is 7.16. The number of anilines is 1. The average Bonchev–Trinajstić information content (AvgIpc) is 2.52. The summed E-state index contributed by atoms with van der Waals surface area (Å²) in [6.45, 7) is 5.53. The molecule has 2 aromatic rings. The predicted octanol–water partition coefficient (Wildman–Crippen LogP) is 4.91. The molecule has 0 saturated carbocycles. The Bertz CT molecular complexity index is 895. The zero-order valence-electron chi connectivity index (χ0n) is 14.7. The lowest BCUT2D eigenvalue weighted by Crippen LogP contribution is -2.35. The van der Waals surface area contributed by atoms with Gasteiger partial charge in [0.25, 0.3) is 5.69 Å². The number of carbonyl (C=O) groups excluding carboxylic acids is 1. The summed E-state index contributed by atoms with van der Waals surface area (Å²) in [5.41, 5.74) is 2.44. The maximum absolute atomic E-state index is 11.2. The number of ether oxygens (including phenoxy) is 1. The van der Waals surface area contributed by atoms with Gasteiger partial charge in [0.05, 0.1) is 11.0 Å². The van der Waals surface area contributed by atoms with Gasteiger partial charge in [0, 0.05) is 29.8 Å². The third kappa shape index (κ3) is 3.65. The Morgan fingerprint density at radius 2 is 2.04 bits per heavy atom. The van der Waals surface area contributed by atoms with E-state index in [9.17, 15) is 14.9 Å². The number of non-ortho nitro benzene ring substituents is 1. The second-order valence-corrected chi connectivity index (χ2v) is 7.59. The standard InChI is InChI=1S/C19H19ClN2O4/c1-11(23)26-16-4-5-17-13(8-16)10-19(2,3)18(21-17)12-6-14(20)9-15(7-12)22(24)25/h4-9,18,21H,10H2,1-3H3. The molecule has 0 amide bonds. The molecule has 26 heavy (non-hydrogen) atoms. The summed E-state index contributed by atoms with van der Waals surface area (Å²) < 4.78 is 5.16. The van der Waals surface area contributed by atoms with Gasteiger partial charge in [0.2, 0.25) is 0 Å². The maximum Gasteiger partial charge on any atom is 0.308 e. The van der Waals surface area contributed by atoms with Crippen molar-refractivity contribution in [3.05, 3.63) is 62.7 Å². The van der Waals surface area contributed by atoms with Crippen LogP contribution in [-0.4, -0.2) is 10.9 Å². The summed E-state index contributed by atoms with van der Waals surface area (Å²) in [7, 11) is 0. The zero-order valence-corrected chi connectivity index (χ0v) is 15.5. The number of hydrogen-bond acceptors (Lipinski definition) is 5. The highest BCUT2D eigenvalue weighted by Crippen LogP contribution is 2.46. The number of esters is 1. The number of halogens is 1. The highest BCUT2D eigenvalue weighted by molar-refractivity contribution is 6.30. The molecule has 1 aliphatic heterocycles. The summed E-state index contributed by atoms with van der Waals surface area (Å²) in [5, 5.41) is 15.0. The van der Waals surface area contributed by atoms with E-state index in [0.717, 1.165) is 23.2 Å². The largest absolute Gasteiger partial charge is 0.427 e. The van der Waals surface area contributed by atoms with Crippen molar-refractivity contribution in [2.45, 2.75) is 33.2 Å². The molecule has 2 aromatic carbocycles. The minimum Gasteiger partial charge on any atom is -0.427 e. The molecule has 136 valence electrons. The van der Waals surface area contributed by atoms with Crippen LogP contribution in [0.1, 0.15) is 37.9 Å². The monoisotopic (exact) mass is 374 g/mol. The third-order valence-electron chi connectivity index (χ3n) is 4.51. The van der Waals surface area contributed by atoms with Crippen LogP contribution in [0.3, 0.4) is 0 Å². The molecule has 1 aliphatic rings. The number of nitrogens with one attached hydrogen (secondary N) is 1. The Morgan fingerprint density at radius 1 is 1.31 bits per heavy atom. The Hall–Kier alpha value is -2.60. The van der Waals surface area contributed by atoms with Gasteiger partial charge in [-0.15, -0.1) is 0 Å². The van der Waals surface area contributed by atoms with Crippen molar-refractivity contribution in [1.82, 2.24) is 0 Å². The van der Waals surface area contributed by atoms with Crippen LogP contribution in [0, 0.1) is 15.5 Å². The van der Waals surface area contributed by atoms with Gasteiger partial charge in [-0.1, -0.05) is 25.4 Å². The van der Waals surface area contributed by atoms with Crippen molar-refractivity contribution >= 4 is 28.9 Å². The fourth-order valence-electron chi connectivity index (χ4n) is 3.43. The van der Waals surface area contributed by atoms with Gasteiger partial charge >= 0.3 is 5.97 Å². The number of nitro benzene ring substituents is 1. The lowest BCUT2D eigenvalue weighted by molar-refractivity contribution is -0.384. The predicted molar refractivity (Wildman–Crippen MR) is 99.7 cm³/mol. The lowest BCUT2D eigenvalue weighted by Gasteiger charge is -2.41. The van der Waals surface area contributed by atoms with Gasteiger partial charge < -0.3 is 10.1 Å². The minimum absolute atomic E-state index is 0.0268. The maximum atomic E-state index is 11.2. The van der Waals surface area contributed by atoms with Crippen molar-refractivity contribution in [1.29, 1.82) is 0 Å². The molecule has 6 nitrogen and oxygen atoms in total. The van der Waals surface area contributed by atoms with Gasteiger partial charge in [-0.05, 0) is 47.2 Å². The highest BCUT2D eigenvalue weighted by atomic mass is 35.5. The minimum atomic E-state index is -0.440. The highest BCUT2D eigenvalue weighted by Gasteiger charge is 2.36. The van der Waals surface area contributed by atoms with Crippen molar-refractivity contribution < 1.29 is 14.5 Å². The van der Waals surface area contributed by atoms with Crippen LogP contribution in [0.25, 0.3) is 0 Å². The van der Waals surface area contributed by atoms with Crippen molar-refractivity contribution in [3.8, 4) is 5.75 Å². The third-order valence-corrected chi connectivity index (χ3v) is 4.73. The Morgan fingerprint density at radius 3 is 2.69 bits per heavy atom. The summed E-state index contributed by atoms with van der Waals surface area (Å²) in [5.74, 6) is 0.141. The first-order chi connectivity index (χ1) is 12.2. The number of benzene rings is 2. The van der Waals surface area contributed by atoms with Gasteiger partial charge in [0.1, 0.15) is 5.75 Å². The van der Waals surface area contributed by atoms with Crippen molar-refractivity contribution in [2.24, 2.45) is 5.41 Å². The van der Waals surface area contributed by atoms with Crippen LogP contribution in [-0.2, 0) is 11.2 Å². The van der Waals surface area contributed by atoms with E-state index in [0.29, 0.717) is 10.8 Å². The molecule has 0 saturated heterocycles. The van der Waals surface area contributed by atoms with Gasteiger partial charge in [-0.2, -0.15) is 0 Å². The van der Waals surface area contributed by atoms with E-state index in [-0.39, 0.29) is 23.1 Å². The molecule has 1 unspecified atom stereocenters. The molecule has 0 fully saturated rings. The fourth-order valence-corrected chi connectivity index (χ4v) is 3.67. The quantitative estimate of drug-likeness (QED) is 0.357. The summed E-state index contributed by atoms with van der Waals surface area (Å²) in [4.78, 5) is 21.9. The summed E-state index contributed by atoms with van der Waals surface area (Å²) in [6, 6.07) is 9.95. The van der Waals surface area contributed by atoms with Gasteiger partial charge in [-0.25, -0.2) is 0 Å². The van der Waals surface area contributed by atoms with Crippen molar-refractivity contribution in [2.75, 3.05) is 5.32 Å². The molecule has 0 aliphatic carbocycles. The summed E-state index contributed by atoms with van der Waals surface area (Å²) in [6.07, 6.45) is 0.718. The molecule has 1 heterocycles. The molecule has 0 bridgehead atoms. The topological polar surface area (TPSA) is 81.5 Å². The number of nitrogens with zero attached hydrogens (tertiary/aromatic N) is 1. The number of carbonyl (C=O) groups is 1. The number of nitro groups is 1. The van der Waals surface area contributed by atoms with Crippen LogP contribution in [0.5, 0.6) is 5.75 Å². The van der Waals surface area contributed by atoms with E-state index in [1.165, 1.54) is 13.0 Å². The number of fused-ring (bicyclic) bond motifs is 1. The van der Waals surface area contributed by atoms with Gasteiger partial charge in [0.15, 0.2) is 0 Å². The van der Waals surface area contributed by atoms with E-state index in [1.54, 1.807) is 18.2 Å². The van der Waals surface area contributed by atoms with Gasteiger partial charge in [-0.3, -0.25) is 14.9 Å². The Balaban J connectivity index is 1.99. The SMILES string of the molecule is CC(=O)Oc1ccc2c(c1)CC(C)(C)C(c1cc(Cl)cc([N+](=O)[O-])c1)N2. The summed E-state index contributed by atoms with van der Waals surface area (Å²) >= 11 is 6.10. The first-order valence-corrected chi connectivity index (χ1v) is 8.56. The smallest absolute Gasteiger partial charge is 0.308 e. The molecule has 7 heteroatoms. The second kappa shape index (κ2) is 6.61. The van der Waals surface area contributed by atoms with Crippen molar-refractivity contribution in [3.63, 3.8) is 0 Å². The van der Waals surface area contributed by atoms with E-state index < -0.39 is 4.92 Å². The Kier molecular flexibility index (Phi) is 4.63. The molecule has 0 spiro atoms. The fraction of sp³-hybridized carbons (Fsp3) is 0.316. The van der Waals surface area contributed by atoms with Crippen LogP contribution >= 0.6 is 11.6 Å². The molecule has 1 N–H and O–H groups in total. The van der Waals surface area contributed by atoms with Crippen LogP contribution in [0.4, 0.5) is 11.4 Å². The van der Waals surface area contributed by atoms with E-state index in [4.69, 9.17) is 16.3 Å². The molecule has 3 rings (SSSR count). The van der Waals surface area contributed by atoms with Crippen LogP contribution in [0.15, 0.2) is 36.4 Å². The molecule has 0 radical (unpaired) electrons. The Labute approximate surface area is 156 Å². The zero-order chi connectivity index (χ0) is 19.1. The number of hydrogen-bond donors (Lipinski definition) is 1.